The smallest absolute Gasteiger partial charge is 0.186 e. The number of rotatable bonds is 7. The van der Waals surface area contributed by atoms with Gasteiger partial charge in [-0.15, -0.1) is 0 Å². The normalized spacial score (nSPS) is 12.0. The van der Waals surface area contributed by atoms with Gasteiger partial charge >= 0.3 is 0 Å². The fourth-order valence-corrected chi connectivity index (χ4v) is 3.44. The Morgan fingerprint density at radius 2 is 1.79 bits per heavy atom. The number of Topliss-reactive ketones (excluding diaryl/α,β-unsaturated/α-hetero) is 1. The van der Waals surface area contributed by atoms with E-state index in [2.05, 4.69) is 10.3 Å². The minimum atomic E-state index is -0.438. The van der Waals surface area contributed by atoms with Crippen LogP contribution in [0.25, 0.3) is 10.9 Å². The Kier molecular flexibility index (Phi) is 5.22. The summed E-state index contributed by atoms with van der Waals surface area (Å²) in [6, 6.07) is 25.1. The number of nitrogens with one attached hydrogen (secondary N) is 2. The van der Waals surface area contributed by atoms with E-state index >= 15 is 0 Å². The van der Waals surface area contributed by atoms with E-state index in [0.29, 0.717) is 12.1 Å². The van der Waals surface area contributed by atoms with E-state index in [9.17, 15) is 4.79 Å². The molecule has 4 aromatic rings. The maximum atomic E-state index is 13.5. The summed E-state index contributed by atoms with van der Waals surface area (Å²) < 4.78 is 5.30. The molecule has 4 rings (SSSR count). The van der Waals surface area contributed by atoms with Crippen LogP contribution in [0.5, 0.6) is 5.75 Å². The first kappa shape index (κ1) is 18.0. The predicted octanol–water partition coefficient (Wildman–Crippen LogP) is 4.89. The number of carbonyl (C=O) groups is 1. The molecule has 0 aliphatic carbocycles. The fourth-order valence-electron chi connectivity index (χ4n) is 3.44. The Morgan fingerprint density at radius 1 is 1.00 bits per heavy atom. The van der Waals surface area contributed by atoms with E-state index in [0.717, 1.165) is 27.8 Å². The topological polar surface area (TPSA) is 54.1 Å². The van der Waals surface area contributed by atoms with Crippen molar-refractivity contribution in [1.29, 1.82) is 0 Å². The fraction of sp³-hybridized carbons (Fsp3) is 0.125. The zero-order valence-electron chi connectivity index (χ0n) is 15.7. The molecule has 0 saturated carbocycles. The van der Waals surface area contributed by atoms with Crippen molar-refractivity contribution in [2.75, 3.05) is 7.11 Å². The van der Waals surface area contributed by atoms with Crippen LogP contribution in [-0.4, -0.2) is 17.9 Å². The zero-order chi connectivity index (χ0) is 19.3. The lowest BCUT2D eigenvalue weighted by molar-refractivity contribution is 0.0943. The van der Waals surface area contributed by atoms with Gasteiger partial charge in [0.25, 0.3) is 0 Å². The largest absolute Gasteiger partial charge is 0.497 e. The van der Waals surface area contributed by atoms with Gasteiger partial charge in [0.1, 0.15) is 5.75 Å². The molecule has 3 aromatic carbocycles. The summed E-state index contributed by atoms with van der Waals surface area (Å²) in [6.45, 7) is 0.560. The lowest BCUT2D eigenvalue weighted by Gasteiger charge is -2.18. The average molecular weight is 370 g/mol. The second-order valence-electron chi connectivity index (χ2n) is 6.69. The van der Waals surface area contributed by atoms with E-state index in [1.54, 1.807) is 13.3 Å². The van der Waals surface area contributed by atoms with Crippen LogP contribution in [0.1, 0.15) is 27.5 Å². The number of H-pyrrole nitrogens is 1. The maximum Gasteiger partial charge on any atom is 0.186 e. The number of aromatic amines is 1. The molecule has 1 heterocycles. The Hall–Kier alpha value is -3.37. The van der Waals surface area contributed by atoms with Crippen LogP contribution >= 0.6 is 0 Å². The molecule has 0 saturated heterocycles. The number of para-hydroxylation sites is 1. The predicted molar refractivity (Wildman–Crippen MR) is 112 cm³/mol. The van der Waals surface area contributed by atoms with Crippen molar-refractivity contribution in [2.45, 2.75) is 12.6 Å². The van der Waals surface area contributed by atoms with Crippen LogP contribution in [0, 0.1) is 0 Å². The summed E-state index contributed by atoms with van der Waals surface area (Å²) >= 11 is 0. The van der Waals surface area contributed by atoms with Gasteiger partial charge in [0.15, 0.2) is 5.78 Å². The SMILES string of the molecule is COc1cccc(CN[C@H](C(=O)c2c[nH]c3ccccc23)c2ccccc2)c1. The van der Waals surface area contributed by atoms with E-state index in [4.69, 9.17) is 4.74 Å². The number of carbonyl (C=O) groups excluding carboxylic acids is 1. The first-order chi connectivity index (χ1) is 13.8. The molecule has 1 atom stereocenters. The van der Waals surface area contributed by atoms with Crippen LogP contribution in [0.3, 0.4) is 0 Å². The molecule has 0 aliphatic heterocycles. The first-order valence-electron chi connectivity index (χ1n) is 9.28. The lowest BCUT2D eigenvalue weighted by Crippen LogP contribution is -2.28. The molecule has 0 spiro atoms. The van der Waals surface area contributed by atoms with Crippen LogP contribution in [0.2, 0.25) is 0 Å². The number of fused-ring (bicyclic) bond motifs is 1. The standard InChI is InChI=1S/C24H22N2O2/c1-28-19-11-7-8-17(14-19)15-26-23(18-9-3-2-4-10-18)24(27)21-16-25-22-13-6-5-12-20(21)22/h2-14,16,23,25-26H,15H2,1H3/t23-/m0/s1. The molecule has 2 N–H and O–H groups in total. The highest BCUT2D eigenvalue weighted by Crippen LogP contribution is 2.25. The van der Waals surface area contributed by atoms with Gasteiger partial charge in [0.2, 0.25) is 0 Å². The van der Waals surface area contributed by atoms with Crippen molar-refractivity contribution in [3.8, 4) is 5.75 Å². The van der Waals surface area contributed by atoms with Crippen molar-refractivity contribution >= 4 is 16.7 Å². The van der Waals surface area contributed by atoms with E-state index < -0.39 is 6.04 Å². The average Bonchev–Trinajstić information content (AvgIpc) is 3.19. The number of ketones is 1. The molecule has 4 nitrogen and oxygen atoms in total. The quantitative estimate of drug-likeness (QED) is 0.455. The van der Waals surface area contributed by atoms with Gasteiger partial charge in [0.05, 0.1) is 13.2 Å². The number of aromatic nitrogens is 1. The zero-order valence-corrected chi connectivity index (χ0v) is 15.7. The first-order valence-corrected chi connectivity index (χ1v) is 9.28. The molecule has 1 aromatic heterocycles. The highest BCUT2D eigenvalue weighted by atomic mass is 16.5. The maximum absolute atomic E-state index is 13.5. The highest BCUT2D eigenvalue weighted by molar-refractivity contribution is 6.10. The highest BCUT2D eigenvalue weighted by Gasteiger charge is 2.24. The summed E-state index contributed by atoms with van der Waals surface area (Å²) in [5.74, 6) is 0.852. The molecule has 0 amide bonds. The van der Waals surface area contributed by atoms with E-state index in [-0.39, 0.29) is 5.78 Å². The molecule has 0 unspecified atom stereocenters. The van der Waals surface area contributed by atoms with Crippen molar-refractivity contribution < 1.29 is 9.53 Å². The van der Waals surface area contributed by atoms with Gasteiger partial charge < -0.3 is 9.72 Å². The molecular formula is C24H22N2O2. The van der Waals surface area contributed by atoms with Crippen molar-refractivity contribution in [3.05, 3.63) is 102 Å². The van der Waals surface area contributed by atoms with Crippen LogP contribution in [0.15, 0.2) is 85.1 Å². The molecule has 0 fully saturated rings. The molecule has 140 valence electrons. The van der Waals surface area contributed by atoms with Gasteiger partial charge in [0, 0.05) is 29.2 Å². The third-order valence-electron chi connectivity index (χ3n) is 4.89. The molecule has 0 aliphatic rings. The van der Waals surface area contributed by atoms with E-state index in [1.165, 1.54) is 0 Å². The minimum Gasteiger partial charge on any atom is -0.497 e. The summed E-state index contributed by atoms with van der Waals surface area (Å²) in [6.07, 6.45) is 1.80. The summed E-state index contributed by atoms with van der Waals surface area (Å²) in [5.41, 5.74) is 3.67. The van der Waals surface area contributed by atoms with Gasteiger partial charge in [-0.25, -0.2) is 0 Å². The molecule has 28 heavy (non-hydrogen) atoms. The summed E-state index contributed by atoms with van der Waals surface area (Å²) in [5, 5.41) is 4.38. The Morgan fingerprint density at radius 3 is 2.61 bits per heavy atom. The van der Waals surface area contributed by atoms with Crippen LogP contribution in [-0.2, 0) is 6.54 Å². The van der Waals surface area contributed by atoms with E-state index in [1.807, 2.05) is 78.9 Å². The Balaban J connectivity index is 1.64. The van der Waals surface area contributed by atoms with Crippen molar-refractivity contribution in [2.24, 2.45) is 0 Å². The molecular weight excluding hydrogens is 348 g/mol. The second-order valence-corrected chi connectivity index (χ2v) is 6.69. The number of benzene rings is 3. The van der Waals surface area contributed by atoms with Crippen LogP contribution in [0.4, 0.5) is 0 Å². The number of hydrogen-bond donors (Lipinski definition) is 2. The Labute approximate surface area is 164 Å². The van der Waals surface area contributed by atoms with Crippen LogP contribution < -0.4 is 10.1 Å². The number of methoxy groups -OCH3 is 1. The van der Waals surface area contributed by atoms with Gasteiger partial charge in [-0.05, 0) is 29.3 Å². The van der Waals surface area contributed by atoms with Gasteiger partial charge in [-0.3, -0.25) is 10.1 Å². The number of hydrogen-bond acceptors (Lipinski definition) is 3. The third kappa shape index (κ3) is 3.68. The molecule has 4 heteroatoms. The Bertz CT molecular complexity index is 1090. The van der Waals surface area contributed by atoms with Gasteiger partial charge in [-0.2, -0.15) is 0 Å². The third-order valence-corrected chi connectivity index (χ3v) is 4.89. The summed E-state index contributed by atoms with van der Waals surface area (Å²) in [4.78, 5) is 16.7. The molecule has 0 bridgehead atoms. The van der Waals surface area contributed by atoms with Crippen molar-refractivity contribution in [1.82, 2.24) is 10.3 Å². The second kappa shape index (κ2) is 8.11. The monoisotopic (exact) mass is 370 g/mol. The lowest BCUT2D eigenvalue weighted by atomic mass is 9.96. The van der Waals surface area contributed by atoms with Gasteiger partial charge in [-0.1, -0.05) is 60.7 Å². The molecule has 0 radical (unpaired) electrons. The number of ether oxygens (including phenoxy) is 1. The summed E-state index contributed by atoms with van der Waals surface area (Å²) in [7, 11) is 1.65. The van der Waals surface area contributed by atoms with Crippen molar-refractivity contribution in [3.63, 3.8) is 0 Å². The minimum absolute atomic E-state index is 0.0477.